The van der Waals surface area contributed by atoms with Gasteiger partial charge in [-0.3, -0.25) is 4.79 Å². The highest BCUT2D eigenvalue weighted by Gasteiger charge is 2.32. The number of ether oxygens (including phenoxy) is 1. The number of carbonyl (C=O) groups excluding carboxylic acids is 1. The lowest BCUT2D eigenvalue weighted by atomic mass is 10.1. The van der Waals surface area contributed by atoms with E-state index >= 15 is 0 Å². The second kappa shape index (κ2) is 9.73. The smallest absolute Gasteiger partial charge is 0.251 e. The van der Waals surface area contributed by atoms with Crippen LogP contribution in [0.5, 0.6) is 0 Å². The molecule has 0 bridgehead atoms. The molecule has 160 valence electrons. The maximum atomic E-state index is 12.7. The molecule has 0 fully saturated rings. The van der Waals surface area contributed by atoms with Crippen molar-refractivity contribution in [3.63, 3.8) is 0 Å². The topological polar surface area (TPSA) is 74.2 Å². The van der Waals surface area contributed by atoms with Gasteiger partial charge in [0.05, 0.1) is 23.9 Å². The molecule has 30 heavy (non-hydrogen) atoms. The highest BCUT2D eigenvalue weighted by molar-refractivity contribution is 9.10. The van der Waals surface area contributed by atoms with Gasteiger partial charge in [0.2, 0.25) is 0 Å². The standard InChI is InChI=1S/C23H28BrN3O3/c1-14(30-4)13-27(3)15(2)25-19-10-7-17-11-21(28)22(20(17)12-19)26-23(29)16-5-8-18(24)9-6-16/h5-10,12,14,21-22,28H,11,13H2,1-4H3,(H,26,29)/t14-,21-,22?/m1/s1. The van der Waals surface area contributed by atoms with Gasteiger partial charge in [-0.15, -0.1) is 0 Å². The van der Waals surface area contributed by atoms with Crippen LogP contribution in [0.1, 0.15) is 41.4 Å². The Morgan fingerprint density at radius 3 is 2.70 bits per heavy atom. The quantitative estimate of drug-likeness (QED) is 0.493. The number of nitrogens with one attached hydrogen (secondary N) is 1. The highest BCUT2D eigenvalue weighted by Crippen LogP contribution is 2.34. The number of aliphatic hydroxyl groups excluding tert-OH is 1. The van der Waals surface area contributed by atoms with Gasteiger partial charge in [0.1, 0.15) is 5.84 Å². The van der Waals surface area contributed by atoms with E-state index in [4.69, 9.17) is 9.73 Å². The summed E-state index contributed by atoms with van der Waals surface area (Å²) in [5, 5.41) is 13.5. The van der Waals surface area contributed by atoms with Gasteiger partial charge in [0.25, 0.3) is 5.91 Å². The lowest BCUT2D eigenvalue weighted by molar-refractivity contribution is 0.0858. The SMILES string of the molecule is CO[C@H](C)CN(C)C(C)=Nc1ccc2c(c1)C(NC(=O)c1ccc(Br)cc1)[C@H](O)C2. The number of nitrogens with zero attached hydrogens (tertiary/aromatic N) is 2. The van der Waals surface area contributed by atoms with Crippen molar-refractivity contribution < 1.29 is 14.6 Å². The van der Waals surface area contributed by atoms with Crippen LogP contribution in [0, 0.1) is 0 Å². The molecule has 6 nitrogen and oxygen atoms in total. The van der Waals surface area contributed by atoms with Gasteiger partial charge in [-0.2, -0.15) is 0 Å². The van der Waals surface area contributed by atoms with E-state index in [0.29, 0.717) is 12.0 Å². The molecule has 0 aromatic heterocycles. The van der Waals surface area contributed by atoms with Gasteiger partial charge in [0, 0.05) is 37.2 Å². The predicted molar refractivity (Wildman–Crippen MR) is 122 cm³/mol. The van der Waals surface area contributed by atoms with E-state index in [2.05, 4.69) is 21.2 Å². The first-order valence-electron chi connectivity index (χ1n) is 9.95. The van der Waals surface area contributed by atoms with Crippen molar-refractivity contribution in [3.05, 3.63) is 63.6 Å². The zero-order valence-corrected chi connectivity index (χ0v) is 19.3. The van der Waals surface area contributed by atoms with E-state index in [9.17, 15) is 9.90 Å². The molecule has 2 N–H and O–H groups in total. The predicted octanol–water partition coefficient (Wildman–Crippen LogP) is 3.85. The number of amidine groups is 1. The molecule has 3 atom stereocenters. The van der Waals surface area contributed by atoms with Crippen molar-refractivity contribution in [1.29, 1.82) is 0 Å². The molecule has 0 aliphatic heterocycles. The van der Waals surface area contributed by atoms with E-state index in [1.807, 2.05) is 56.1 Å². The van der Waals surface area contributed by atoms with E-state index < -0.39 is 12.1 Å². The van der Waals surface area contributed by atoms with Gasteiger partial charge < -0.3 is 20.1 Å². The van der Waals surface area contributed by atoms with E-state index in [1.165, 1.54) is 0 Å². The lowest BCUT2D eigenvalue weighted by Crippen LogP contribution is -2.33. The zero-order chi connectivity index (χ0) is 21.8. The molecule has 0 saturated carbocycles. The fourth-order valence-electron chi connectivity index (χ4n) is 3.54. The molecule has 7 heteroatoms. The Morgan fingerprint density at radius 1 is 1.33 bits per heavy atom. The third kappa shape index (κ3) is 5.28. The molecule has 0 saturated heterocycles. The van der Waals surface area contributed by atoms with E-state index in [-0.39, 0.29) is 12.0 Å². The second-order valence-electron chi connectivity index (χ2n) is 7.70. The number of hydrogen-bond donors (Lipinski definition) is 2. The monoisotopic (exact) mass is 473 g/mol. The molecule has 0 radical (unpaired) electrons. The van der Waals surface area contributed by atoms with Gasteiger partial charge >= 0.3 is 0 Å². The van der Waals surface area contributed by atoms with Crippen LogP contribution in [0.2, 0.25) is 0 Å². The molecule has 2 aromatic carbocycles. The van der Waals surface area contributed by atoms with E-state index in [0.717, 1.165) is 33.7 Å². The largest absolute Gasteiger partial charge is 0.390 e. The minimum absolute atomic E-state index is 0.105. The van der Waals surface area contributed by atoms with Crippen molar-refractivity contribution in [2.75, 3.05) is 20.7 Å². The van der Waals surface area contributed by atoms with Crippen LogP contribution in [-0.2, 0) is 11.2 Å². The third-order valence-corrected chi connectivity index (χ3v) is 5.98. The molecule has 0 spiro atoms. The third-order valence-electron chi connectivity index (χ3n) is 5.45. The summed E-state index contributed by atoms with van der Waals surface area (Å²) in [6.45, 7) is 4.71. The number of likely N-dealkylation sites (N-methyl/N-ethyl adjacent to an activating group) is 1. The fourth-order valence-corrected chi connectivity index (χ4v) is 3.81. The van der Waals surface area contributed by atoms with Crippen LogP contribution in [0.15, 0.2) is 51.9 Å². The Balaban J connectivity index is 1.79. The first-order chi connectivity index (χ1) is 14.3. The summed E-state index contributed by atoms with van der Waals surface area (Å²) in [4.78, 5) is 19.4. The number of halogens is 1. The second-order valence-corrected chi connectivity index (χ2v) is 8.61. The average molecular weight is 474 g/mol. The van der Waals surface area contributed by atoms with Gasteiger partial charge in [-0.05, 0) is 61.4 Å². The molecule has 0 heterocycles. The fraction of sp³-hybridized carbons (Fsp3) is 0.391. The molecular weight excluding hydrogens is 446 g/mol. The number of methoxy groups -OCH3 is 1. The Kier molecular flexibility index (Phi) is 7.28. The minimum Gasteiger partial charge on any atom is -0.390 e. The molecule has 1 aliphatic carbocycles. The Labute approximate surface area is 186 Å². The molecule has 1 amide bonds. The van der Waals surface area contributed by atoms with Crippen molar-refractivity contribution in [2.45, 2.75) is 38.5 Å². The van der Waals surface area contributed by atoms with Gasteiger partial charge in [-0.25, -0.2) is 4.99 Å². The zero-order valence-electron chi connectivity index (χ0n) is 17.7. The van der Waals surface area contributed by atoms with Crippen LogP contribution in [0.3, 0.4) is 0 Å². The van der Waals surface area contributed by atoms with E-state index in [1.54, 1.807) is 19.2 Å². The summed E-state index contributed by atoms with van der Waals surface area (Å²) in [6.07, 6.45) is -0.0482. The first-order valence-corrected chi connectivity index (χ1v) is 10.7. The number of aliphatic hydroxyl groups is 1. The molecule has 3 rings (SSSR count). The summed E-state index contributed by atoms with van der Waals surface area (Å²) in [5.41, 5.74) is 3.29. The van der Waals surface area contributed by atoms with Crippen molar-refractivity contribution in [2.24, 2.45) is 4.99 Å². The normalized spacial score (nSPS) is 19.3. The number of carbonyl (C=O) groups is 1. The van der Waals surface area contributed by atoms with Crippen LogP contribution in [0.4, 0.5) is 5.69 Å². The number of benzene rings is 2. The minimum atomic E-state index is -0.662. The van der Waals surface area contributed by atoms with Crippen LogP contribution in [0.25, 0.3) is 0 Å². The summed E-state index contributed by atoms with van der Waals surface area (Å²) in [5.74, 6) is 0.658. The Bertz CT molecular complexity index is 930. The molecule has 2 aromatic rings. The van der Waals surface area contributed by atoms with Crippen molar-refractivity contribution in [1.82, 2.24) is 10.2 Å². The van der Waals surface area contributed by atoms with Crippen molar-refractivity contribution >= 4 is 33.4 Å². The Morgan fingerprint density at radius 2 is 2.03 bits per heavy atom. The maximum absolute atomic E-state index is 12.7. The summed E-state index contributed by atoms with van der Waals surface area (Å²) >= 11 is 3.37. The summed E-state index contributed by atoms with van der Waals surface area (Å²) < 4.78 is 6.23. The number of aliphatic imine (C=N–C) groups is 1. The van der Waals surface area contributed by atoms with Crippen LogP contribution >= 0.6 is 15.9 Å². The summed E-state index contributed by atoms with van der Waals surface area (Å²) in [6, 6.07) is 12.6. The summed E-state index contributed by atoms with van der Waals surface area (Å²) in [7, 11) is 3.67. The number of fused-ring (bicyclic) bond motifs is 1. The van der Waals surface area contributed by atoms with Gasteiger partial charge in [0.15, 0.2) is 0 Å². The average Bonchev–Trinajstić information content (AvgIpc) is 3.03. The molecule has 1 aliphatic rings. The Hall–Kier alpha value is -2.22. The molecule has 1 unspecified atom stereocenters. The first kappa shape index (κ1) is 22.5. The van der Waals surface area contributed by atoms with Gasteiger partial charge in [-0.1, -0.05) is 22.0 Å². The van der Waals surface area contributed by atoms with Crippen molar-refractivity contribution in [3.8, 4) is 0 Å². The van der Waals surface area contributed by atoms with Crippen LogP contribution < -0.4 is 5.32 Å². The number of rotatable bonds is 6. The number of hydrogen-bond acceptors (Lipinski definition) is 4. The van der Waals surface area contributed by atoms with Crippen LogP contribution in [-0.4, -0.2) is 54.7 Å². The number of amides is 1. The lowest BCUT2D eigenvalue weighted by Gasteiger charge is -2.22. The maximum Gasteiger partial charge on any atom is 0.251 e. The molecular formula is C23H28BrN3O3. The highest BCUT2D eigenvalue weighted by atomic mass is 79.9.